The van der Waals surface area contributed by atoms with E-state index in [-0.39, 0.29) is 46.7 Å². The summed E-state index contributed by atoms with van der Waals surface area (Å²) in [5, 5.41) is 16.5. The predicted octanol–water partition coefficient (Wildman–Crippen LogP) is 4.37. The molecular formula is C24H30N4O4S. The number of rotatable bonds is 6. The first-order valence-corrected chi connectivity index (χ1v) is 12.2. The second-order valence-electron chi connectivity index (χ2n) is 10.1. The quantitative estimate of drug-likeness (QED) is 0.498. The number of nitrogens with one attached hydrogen (secondary N) is 1. The maximum absolute atomic E-state index is 13.0. The topological polar surface area (TPSA) is 105 Å². The fourth-order valence-corrected chi connectivity index (χ4v) is 6.00. The Bertz CT molecular complexity index is 1070. The number of carbonyl (C=O) groups excluding carboxylic acids is 2. The van der Waals surface area contributed by atoms with Crippen LogP contribution in [0.4, 0.5) is 5.69 Å². The standard InChI is InChI=1S/C24H30N4O4S/c1-23(2)19(24(23,3)4)22(30)27-11-9-15(10-12-27)21-26-17(14-33-21)20(29)25-13-16-7-5-6-8-18(16)28(31)32/h5-8,14-15,19H,9-13H2,1-4H3,(H,25,29). The average molecular weight is 471 g/mol. The molecule has 2 aromatic rings. The van der Waals surface area contributed by atoms with E-state index in [4.69, 9.17) is 0 Å². The van der Waals surface area contributed by atoms with Gasteiger partial charge in [0, 0.05) is 48.5 Å². The fourth-order valence-electron chi connectivity index (χ4n) is 5.03. The molecule has 33 heavy (non-hydrogen) atoms. The lowest BCUT2D eigenvalue weighted by Crippen LogP contribution is -2.40. The van der Waals surface area contributed by atoms with Crippen LogP contribution in [0.3, 0.4) is 0 Å². The van der Waals surface area contributed by atoms with Crippen molar-refractivity contribution in [2.45, 2.75) is 53.0 Å². The Balaban J connectivity index is 1.32. The van der Waals surface area contributed by atoms with Gasteiger partial charge < -0.3 is 10.2 Å². The number of amides is 2. The average Bonchev–Trinajstić information content (AvgIpc) is 3.11. The van der Waals surface area contributed by atoms with E-state index < -0.39 is 4.92 Å². The Morgan fingerprint density at radius 1 is 1.18 bits per heavy atom. The molecule has 1 saturated carbocycles. The van der Waals surface area contributed by atoms with Crippen LogP contribution < -0.4 is 5.32 Å². The summed E-state index contributed by atoms with van der Waals surface area (Å²) in [6, 6.07) is 6.35. The van der Waals surface area contributed by atoms with Crippen LogP contribution in [0.2, 0.25) is 0 Å². The molecule has 176 valence electrons. The van der Waals surface area contributed by atoms with Crippen molar-refractivity contribution in [3.8, 4) is 0 Å². The lowest BCUT2D eigenvalue weighted by molar-refractivity contribution is -0.385. The van der Waals surface area contributed by atoms with Crippen molar-refractivity contribution in [1.29, 1.82) is 0 Å². The Hall–Kier alpha value is -2.81. The van der Waals surface area contributed by atoms with Crippen LogP contribution in [0.15, 0.2) is 29.6 Å². The molecule has 0 bridgehead atoms. The van der Waals surface area contributed by atoms with E-state index in [0.29, 0.717) is 24.3 Å². The third-order valence-electron chi connectivity index (χ3n) is 7.81. The highest BCUT2D eigenvalue weighted by Gasteiger charge is 2.68. The van der Waals surface area contributed by atoms with E-state index in [9.17, 15) is 19.7 Å². The third-order valence-corrected chi connectivity index (χ3v) is 8.81. The first-order chi connectivity index (χ1) is 15.5. The Morgan fingerprint density at radius 3 is 2.42 bits per heavy atom. The highest BCUT2D eigenvalue weighted by molar-refractivity contribution is 7.09. The highest BCUT2D eigenvalue weighted by atomic mass is 32.1. The summed E-state index contributed by atoms with van der Waals surface area (Å²) in [4.78, 5) is 42.8. The van der Waals surface area contributed by atoms with E-state index in [1.807, 2.05) is 4.90 Å². The molecule has 2 heterocycles. The van der Waals surface area contributed by atoms with Gasteiger partial charge in [-0.15, -0.1) is 11.3 Å². The molecule has 1 N–H and O–H groups in total. The van der Waals surface area contributed by atoms with Gasteiger partial charge >= 0.3 is 0 Å². The minimum Gasteiger partial charge on any atom is -0.346 e. The summed E-state index contributed by atoms with van der Waals surface area (Å²) in [7, 11) is 0. The van der Waals surface area contributed by atoms with Gasteiger partial charge in [-0.25, -0.2) is 4.98 Å². The summed E-state index contributed by atoms with van der Waals surface area (Å²) < 4.78 is 0. The van der Waals surface area contributed by atoms with Gasteiger partial charge in [-0.3, -0.25) is 19.7 Å². The van der Waals surface area contributed by atoms with Crippen molar-refractivity contribution >= 4 is 28.8 Å². The number of thiazole rings is 1. The molecule has 1 aromatic carbocycles. The molecule has 2 aliphatic rings. The predicted molar refractivity (Wildman–Crippen MR) is 126 cm³/mol. The van der Waals surface area contributed by atoms with Crippen LogP contribution in [-0.4, -0.2) is 39.7 Å². The Labute approximate surface area is 197 Å². The molecule has 0 spiro atoms. The summed E-state index contributed by atoms with van der Waals surface area (Å²) in [6.45, 7) is 10.2. The maximum atomic E-state index is 13.0. The molecule has 4 rings (SSSR count). The van der Waals surface area contributed by atoms with Crippen molar-refractivity contribution < 1.29 is 14.5 Å². The van der Waals surface area contributed by atoms with Crippen LogP contribution in [0, 0.1) is 26.9 Å². The first kappa shape index (κ1) is 23.4. The molecule has 1 aliphatic heterocycles. The van der Waals surface area contributed by atoms with Gasteiger partial charge in [-0.1, -0.05) is 45.9 Å². The summed E-state index contributed by atoms with van der Waals surface area (Å²) >= 11 is 1.46. The van der Waals surface area contributed by atoms with Gasteiger partial charge in [-0.2, -0.15) is 0 Å². The van der Waals surface area contributed by atoms with Crippen LogP contribution in [-0.2, 0) is 11.3 Å². The van der Waals surface area contributed by atoms with Gasteiger partial charge in [0.2, 0.25) is 5.91 Å². The number of nitro groups is 1. The molecule has 1 saturated heterocycles. The molecule has 2 amide bonds. The molecule has 1 aliphatic carbocycles. The number of para-hydroxylation sites is 1. The zero-order valence-electron chi connectivity index (χ0n) is 19.5. The normalized spacial score (nSPS) is 19.8. The molecule has 0 radical (unpaired) electrons. The number of likely N-dealkylation sites (tertiary alicyclic amines) is 1. The van der Waals surface area contributed by atoms with Gasteiger partial charge in [-0.05, 0) is 23.7 Å². The van der Waals surface area contributed by atoms with Crippen molar-refractivity contribution in [1.82, 2.24) is 15.2 Å². The van der Waals surface area contributed by atoms with Crippen LogP contribution in [0.1, 0.15) is 67.5 Å². The number of carbonyl (C=O) groups is 2. The van der Waals surface area contributed by atoms with Crippen LogP contribution in [0.25, 0.3) is 0 Å². The van der Waals surface area contributed by atoms with E-state index in [0.717, 1.165) is 17.8 Å². The number of benzene rings is 1. The molecule has 0 unspecified atom stereocenters. The molecule has 8 nitrogen and oxygen atoms in total. The van der Waals surface area contributed by atoms with Gasteiger partial charge in [0.15, 0.2) is 0 Å². The maximum Gasteiger partial charge on any atom is 0.274 e. The monoisotopic (exact) mass is 470 g/mol. The smallest absolute Gasteiger partial charge is 0.274 e. The minimum absolute atomic E-state index is 0.0175. The number of nitrogens with zero attached hydrogens (tertiary/aromatic N) is 3. The second-order valence-corrected chi connectivity index (χ2v) is 11.0. The van der Waals surface area contributed by atoms with E-state index in [1.165, 1.54) is 17.4 Å². The molecular weight excluding hydrogens is 440 g/mol. The Kier molecular flexibility index (Phi) is 6.03. The zero-order valence-corrected chi connectivity index (χ0v) is 20.3. The van der Waals surface area contributed by atoms with Crippen LogP contribution >= 0.6 is 11.3 Å². The SMILES string of the molecule is CC1(C)C(C(=O)N2CCC(c3nc(C(=O)NCc4ccccc4[N+](=O)[O-])cs3)CC2)C1(C)C. The molecule has 1 aromatic heterocycles. The zero-order chi connectivity index (χ0) is 24.0. The summed E-state index contributed by atoms with van der Waals surface area (Å²) in [5.41, 5.74) is 0.840. The van der Waals surface area contributed by atoms with Gasteiger partial charge in [0.05, 0.1) is 9.93 Å². The lowest BCUT2D eigenvalue weighted by atomic mass is 9.96. The van der Waals surface area contributed by atoms with Crippen molar-refractivity contribution in [2.75, 3.05) is 13.1 Å². The summed E-state index contributed by atoms with van der Waals surface area (Å²) in [6.07, 6.45) is 1.67. The number of nitro benzene ring substituents is 1. The fraction of sp³-hybridized carbons (Fsp3) is 0.542. The Morgan fingerprint density at radius 2 is 1.82 bits per heavy atom. The van der Waals surface area contributed by atoms with Crippen molar-refractivity contribution in [2.24, 2.45) is 16.7 Å². The van der Waals surface area contributed by atoms with Crippen molar-refractivity contribution in [3.05, 3.63) is 56.0 Å². The number of piperidine rings is 1. The summed E-state index contributed by atoms with van der Waals surface area (Å²) in [5.74, 6) is 0.229. The minimum atomic E-state index is -0.454. The van der Waals surface area contributed by atoms with Gasteiger partial charge in [0.25, 0.3) is 11.6 Å². The van der Waals surface area contributed by atoms with E-state index >= 15 is 0 Å². The number of hydrogen-bond acceptors (Lipinski definition) is 6. The first-order valence-electron chi connectivity index (χ1n) is 11.3. The van der Waals surface area contributed by atoms with Crippen molar-refractivity contribution in [3.63, 3.8) is 0 Å². The third kappa shape index (κ3) is 4.26. The second kappa shape index (κ2) is 8.52. The van der Waals surface area contributed by atoms with Crippen LogP contribution in [0.5, 0.6) is 0 Å². The highest BCUT2D eigenvalue weighted by Crippen LogP contribution is 2.68. The van der Waals surface area contributed by atoms with Gasteiger partial charge in [0.1, 0.15) is 5.69 Å². The molecule has 9 heteroatoms. The van der Waals surface area contributed by atoms with E-state index in [2.05, 4.69) is 38.0 Å². The molecule has 2 fully saturated rings. The molecule has 0 atom stereocenters. The number of aromatic nitrogens is 1. The largest absolute Gasteiger partial charge is 0.346 e. The van der Waals surface area contributed by atoms with E-state index in [1.54, 1.807) is 23.6 Å². The lowest BCUT2D eigenvalue weighted by Gasteiger charge is -2.31. The number of hydrogen-bond donors (Lipinski definition) is 1.